The molecule has 0 unspecified atom stereocenters. The number of benzene rings is 1. The van der Waals surface area contributed by atoms with Gasteiger partial charge in [0.15, 0.2) is 21.3 Å². The van der Waals surface area contributed by atoms with Gasteiger partial charge in [0.2, 0.25) is 0 Å². The Morgan fingerprint density at radius 3 is 2.62 bits per heavy atom. The van der Waals surface area contributed by atoms with E-state index < -0.39 is 9.84 Å². The van der Waals surface area contributed by atoms with Gasteiger partial charge in [-0.05, 0) is 18.6 Å². The molecule has 1 aromatic heterocycles. The summed E-state index contributed by atoms with van der Waals surface area (Å²) in [5.41, 5.74) is 0.981. The third-order valence-corrected chi connectivity index (χ3v) is 5.95. The molecule has 1 atom stereocenters. The molecule has 0 bridgehead atoms. The highest BCUT2D eigenvalue weighted by Gasteiger charge is 2.34. The second-order valence-electron chi connectivity index (χ2n) is 5.80. The number of hydrogen-bond acceptors (Lipinski definition) is 5. The fraction of sp³-hybridized carbons (Fsp3) is 0.375. The Labute approximate surface area is 140 Å². The fourth-order valence-electron chi connectivity index (χ4n) is 2.78. The third kappa shape index (κ3) is 3.14. The van der Waals surface area contributed by atoms with Crippen LogP contribution in [-0.4, -0.2) is 60.7 Å². The number of sulfone groups is 1. The van der Waals surface area contributed by atoms with Crippen LogP contribution in [0.1, 0.15) is 16.9 Å². The molecule has 24 heavy (non-hydrogen) atoms. The summed E-state index contributed by atoms with van der Waals surface area (Å²) in [6, 6.07) is 9.06. The zero-order valence-electron chi connectivity index (χ0n) is 13.5. The highest BCUT2D eigenvalue weighted by atomic mass is 32.2. The Hall–Kier alpha value is -2.35. The number of hydrogen-bond donors (Lipinski definition) is 0. The Morgan fingerprint density at radius 2 is 2.04 bits per heavy atom. The van der Waals surface area contributed by atoms with Crippen molar-refractivity contribution in [2.45, 2.75) is 12.5 Å². The zero-order valence-corrected chi connectivity index (χ0v) is 14.4. The highest BCUT2D eigenvalue weighted by Crippen LogP contribution is 2.24. The second kappa shape index (κ2) is 6.27. The largest absolute Gasteiger partial charge is 0.493 e. The van der Waals surface area contributed by atoms with Crippen molar-refractivity contribution in [2.24, 2.45) is 0 Å². The van der Waals surface area contributed by atoms with Crippen LogP contribution in [0.3, 0.4) is 0 Å². The summed E-state index contributed by atoms with van der Waals surface area (Å²) in [4.78, 5) is 14.2. The van der Waals surface area contributed by atoms with Crippen LogP contribution in [0.25, 0.3) is 5.69 Å². The van der Waals surface area contributed by atoms with Crippen LogP contribution in [0.4, 0.5) is 0 Å². The minimum absolute atomic E-state index is 0.00303. The van der Waals surface area contributed by atoms with E-state index in [1.165, 1.54) is 12.0 Å². The van der Waals surface area contributed by atoms with E-state index in [0.29, 0.717) is 12.2 Å². The molecule has 7 nitrogen and oxygen atoms in total. The molecular weight excluding hydrogens is 330 g/mol. The number of nitrogens with zero attached hydrogens (tertiary/aromatic N) is 3. The number of carbonyl (C=O) groups is 1. The third-order valence-electron chi connectivity index (χ3n) is 4.20. The maximum Gasteiger partial charge on any atom is 0.278 e. The summed E-state index contributed by atoms with van der Waals surface area (Å²) in [6.45, 7) is 0. The van der Waals surface area contributed by atoms with Crippen molar-refractivity contribution < 1.29 is 17.9 Å². The monoisotopic (exact) mass is 349 g/mol. The average Bonchev–Trinajstić information content (AvgIpc) is 3.17. The lowest BCUT2D eigenvalue weighted by molar-refractivity contribution is 0.0738. The molecule has 0 saturated carbocycles. The van der Waals surface area contributed by atoms with E-state index in [1.54, 1.807) is 17.9 Å². The maximum absolute atomic E-state index is 12.7. The summed E-state index contributed by atoms with van der Waals surface area (Å²) < 4.78 is 30.1. The molecule has 1 fully saturated rings. The molecule has 3 rings (SSSR count). The lowest BCUT2D eigenvalue weighted by Crippen LogP contribution is -2.38. The first kappa shape index (κ1) is 16.5. The molecule has 1 amide bonds. The first-order valence-corrected chi connectivity index (χ1v) is 9.40. The van der Waals surface area contributed by atoms with Crippen LogP contribution in [-0.2, 0) is 9.84 Å². The Balaban J connectivity index is 1.88. The molecular formula is C16H19N3O4S. The first-order chi connectivity index (χ1) is 11.4. The molecule has 128 valence electrons. The quantitative estimate of drug-likeness (QED) is 0.827. The molecule has 0 radical (unpaired) electrons. The van der Waals surface area contributed by atoms with Crippen molar-refractivity contribution in [3.63, 3.8) is 0 Å². The summed E-state index contributed by atoms with van der Waals surface area (Å²) in [7, 11) is 0.0209. The van der Waals surface area contributed by atoms with Gasteiger partial charge in [0.05, 0.1) is 30.5 Å². The molecule has 1 saturated heterocycles. The number of amides is 1. The molecule has 0 N–H and O–H groups in total. The van der Waals surface area contributed by atoms with Gasteiger partial charge in [-0.2, -0.15) is 5.10 Å². The van der Waals surface area contributed by atoms with E-state index in [0.717, 1.165) is 5.69 Å². The summed E-state index contributed by atoms with van der Waals surface area (Å²) in [5, 5.41) is 4.33. The molecule has 2 heterocycles. The topological polar surface area (TPSA) is 81.5 Å². The van der Waals surface area contributed by atoms with Crippen molar-refractivity contribution in [3.8, 4) is 11.4 Å². The molecule has 8 heteroatoms. The van der Waals surface area contributed by atoms with Crippen molar-refractivity contribution in [3.05, 3.63) is 42.2 Å². The number of ether oxygens (including phenoxy) is 1. The fourth-order valence-corrected chi connectivity index (χ4v) is 4.56. The van der Waals surface area contributed by atoms with Gasteiger partial charge in [-0.15, -0.1) is 0 Å². The minimum Gasteiger partial charge on any atom is -0.493 e. The summed E-state index contributed by atoms with van der Waals surface area (Å²) in [5.74, 6) is 0.127. The standard InChI is InChI=1S/C16H19N3O4S/c1-18(13-8-9-24(21,22)11-13)16(20)15-14(23-2)10-19(17-15)12-6-4-3-5-7-12/h3-7,10,13H,8-9,11H2,1-2H3/t13-/m1/s1. The van der Waals surface area contributed by atoms with E-state index in [4.69, 9.17) is 4.74 Å². The second-order valence-corrected chi connectivity index (χ2v) is 8.03. The van der Waals surface area contributed by atoms with Gasteiger partial charge in [0.25, 0.3) is 5.91 Å². The van der Waals surface area contributed by atoms with Gasteiger partial charge in [-0.1, -0.05) is 18.2 Å². The number of rotatable bonds is 4. The van der Waals surface area contributed by atoms with Crippen molar-refractivity contribution in [2.75, 3.05) is 25.7 Å². The van der Waals surface area contributed by atoms with Crippen molar-refractivity contribution in [1.29, 1.82) is 0 Å². The lowest BCUT2D eigenvalue weighted by Gasteiger charge is -2.22. The van der Waals surface area contributed by atoms with E-state index in [-0.39, 0.29) is 29.1 Å². The summed E-state index contributed by atoms with van der Waals surface area (Å²) >= 11 is 0. The molecule has 1 aromatic carbocycles. The van der Waals surface area contributed by atoms with Gasteiger partial charge in [0.1, 0.15) is 0 Å². The SMILES string of the molecule is COc1cn(-c2ccccc2)nc1C(=O)N(C)[C@@H]1CCS(=O)(=O)C1. The smallest absolute Gasteiger partial charge is 0.278 e. The molecule has 0 aliphatic carbocycles. The lowest BCUT2D eigenvalue weighted by atomic mass is 10.2. The predicted molar refractivity (Wildman–Crippen MR) is 89.3 cm³/mol. The van der Waals surface area contributed by atoms with Crippen LogP contribution < -0.4 is 4.74 Å². The van der Waals surface area contributed by atoms with E-state index in [2.05, 4.69) is 5.10 Å². The molecule has 1 aliphatic rings. The van der Waals surface area contributed by atoms with Gasteiger partial charge >= 0.3 is 0 Å². The van der Waals surface area contributed by atoms with Gasteiger partial charge in [0, 0.05) is 13.1 Å². The molecule has 2 aromatic rings. The zero-order chi connectivity index (χ0) is 17.3. The Kier molecular flexibility index (Phi) is 4.31. The normalized spacial score (nSPS) is 19.2. The van der Waals surface area contributed by atoms with Gasteiger partial charge < -0.3 is 9.64 Å². The highest BCUT2D eigenvalue weighted by molar-refractivity contribution is 7.91. The molecule has 1 aliphatic heterocycles. The first-order valence-electron chi connectivity index (χ1n) is 7.58. The maximum atomic E-state index is 12.7. The van der Waals surface area contributed by atoms with Crippen molar-refractivity contribution >= 4 is 15.7 Å². The number of methoxy groups -OCH3 is 1. The van der Waals surface area contributed by atoms with Crippen LogP contribution in [0.15, 0.2) is 36.5 Å². The molecule has 0 spiro atoms. The van der Waals surface area contributed by atoms with Crippen LogP contribution in [0.2, 0.25) is 0 Å². The van der Waals surface area contributed by atoms with Crippen LogP contribution in [0, 0.1) is 0 Å². The van der Waals surface area contributed by atoms with Gasteiger partial charge in [-0.3, -0.25) is 4.79 Å². The number of aromatic nitrogens is 2. The van der Waals surface area contributed by atoms with Crippen LogP contribution >= 0.6 is 0 Å². The summed E-state index contributed by atoms with van der Waals surface area (Å²) in [6.07, 6.45) is 2.09. The Bertz CT molecular complexity index is 845. The number of para-hydroxylation sites is 1. The van der Waals surface area contributed by atoms with E-state index >= 15 is 0 Å². The van der Waals surface area contributed by atoms with Gasteiger partial charge in [-0.25, -0.2) is 13.1 Å². The Morgan fingerprint density at radius 1 is 1.33 bits per heavy atom. The minimum atomic E-state index is -3.06. The van der Waals surface area contributed by atoms with Crippen LogP contribution in [0.5, 0.6) is 5.75 Å². The predicted octanol–water partition coefficient (Wildman–Crippen LogP) is 1.14. The van der Waals surface area contributed by atoms with E-state index in [9.17, 15) is 13.2 Å². The number of carbonyl (C=O) groups excluding carboxylic acids is 1. The van der Waals surface area contributed by atoms with E-state index in [1.807, 2.05) is 30.3 Å². The average molecular weight is 349 g/mol. The van der Waals surface area contributed by atoms with Crippen molar-refractivity contribution in [1.82, 2.24) is 14.7 Å².